The van der Waals surface area contributed by atoms with E-state index in [-0.39, 0.29) is 11.9 Å². The number of ether oxygens (including phenoxy) is 1. The van der Waals surface area contributed by atoms with Crippen LogP contribution in [0.1, 0.15) is 33.1 Å². The Morgan fingerprint density at radius 2 is 2.11 bits per heavy atom. The summed E-state index contributed by atoms with van der Waals surface area (Å²) in [6.07, 6.45) is 2.55. The molecule has 19 heavy (non-hydrogen) atoms. The molecule has 0 aliphatic carbocycles. The number of hydrogen-bond donors (Lipinski definition) is 1. The molecule has 0 bridgehead atoms. The highest BCUT2D eigenvalue weighted by Gasteiger charge is 2.32. The molecule has 1 fully saturated rings. The maximum atomic E-state index is 12.2. The van der Waals surface area contributed by atoms with Crippen LogP contribution < -0.4 is 5.32 Å². The third-order valence-electron chi connectivity index (χ3n) is 3.80. The molecular formula is C13H28N2O3S. The largest absolute Gasteiger partial charge is 0.380 e. The molecule has 1 rings (SSSR count). The fraction of sp³-hybridized carbons (Fsp3) is 1.00. The molecule has 0 radical (unpaired) electrons. The molecule has 114 valence electrons. The van der Waals surface area contributed by atoms with Crippen LogP contribution in [-0.2, 0) is 14.8 Å². The first-order chi connectivity index (χ1) is 9.01. The van der Waals surface area contributed by atoms with Crippen molar-refractivity contribution in [2.75, 3.05) is 39.0 Å². The van der Waals surface area contributed by atoms with Gasteiger partial charge >= 0.3 is 0 Å². The smallest absolute Gasteiger partial charge is 0.214 e. The third-order valence-corrected chi connectivity index (χ3v) is 5.73. The van der Waals surface area contributed by atoms with Crippen molar-refractivity contribution in [1.82, 2.24) is 9.62 Å². The zero-order valence-corrected chi connectivity index (χ0v) is 13.2. The maximum Gasteiger partial charge on any atom is 0.214 e. The van der Waals surface area contributed by atoms with E-state index in [1.807, 2.05) is 0 Å². The summed E-state index contributed by atoms with van der Waals surface area (Å²) in [6, 6.07) is 0. The first-order valence-corrected chi connectivity index (χ1v) is 8.83. The van der Waals surface area contributed by atoms with Crippen molar-refractivity contribution in [3.05, 3.63) is 0 Å². The lowest BCUT2D eigenvalue weighted by atomic mass is 9.97. The molecule has 5 nitrogen and oxygen atoms in total. The van der Waals surface area contributed by atoms with Gasteiger partial charge in [0, 0.05) is 20.2 Å². The minimum atomic E-state index is -3.11. The summed E-state index contributed by atoms with van der Waals surface area (Å²) in [4.78, 5) is 0. The van der Waals surface area contributed by atoms with Crippen molar-refractivity contribution in [3.8, 4) is 0 Å². The Labute approximate surface area is 117 Å². The molecule has 1 heterocycles. The average molecular weight is 292 g/mol. The van der Waals surface area contributed by atoms with Crippen LogP contribution in [0.2, 0.25) is 0 Å². The van der Waals surface area contributed by atoms with Crippen molar-refractivity contribution in [2.45, 2.75) is 39.2 Å². The van der Waals surface area contributed by atoms with Crippen molar-refractivity contribution < 1.29 is 13.2 Å². The van der Waals surface area contributed by atoms with Gasteiger partial charge in [0.25, 0.3) is 0 Å². The van der Waals surface area contributed by atoms with Crippen LogP contribution in [0.5, 0.6) is 0 Å². The molecule has 1 saturated heterocycles. The molecule has 1 aliphatic heterocycles. The summed E-state index contributed by atoms with van der Waals surface area (Å²) in [7, 11) is -1.45. The predicted molar refractivity (Wildman–Crippen MR) is 77.7 cm³/mol. The summed E-state index contributed by atoms with van der Waals surface area (Å²) in [5.74, 6) is 0.689. The predicted octanol–water partition coefficient (Wildman–Crippen LogP) is 1.06. The number of piperidine rings is 1. The quantitative estimate of drug-likeness (QED) is 0.680. The second kappa shape index (κ2) is 8.19. The Morgan fingerprint density at radius 1 is 1.37 bits per heavy atom. The third kappa shape index (κ3) is 5.38. The topological polar surface area (TPSA) is 58.6 Å². The van der Waals surface area contributed by atoms with Gasteiger partial charge in [-0.3, -0.25) is 0 Å². The van der Waals surface area contributed by atoms with Crippen LogP contribution in [0.15, 0.2) is 0 Å². The van der Waals surface area contributed by atoms with E-state index < -0.39 is 10.0 Å². The van der Waals surface area contributed by atoms with Crippen LogP contribution in [0.4, 0.5) is 0 Å². The Morgan fingerprint density at radius 3 is 2.74 bits per heavy atom. The first kappa shape index (κ1) is 16.9. The van der Waals surface area contributed by atoms with E-state index in [0.29, 0.717) is 19.0 Å². The number of rotatable bonds is 8. The molecule has 2 unspecified atom stereocenters. The fourth-order valence-corrected chi connectivity index (χ4v) is 3.99. The van der Waals surface area contributed by atoms with E-state index in [9.17, 15) is 8.42 Å². The van der Waals surface area contributed by atoms with E-state index in [4.69, 9.17) is 4.74 Å². The van der Waals surface area contributed by atoms with Gasteiger partial charge in [-0.05, 0) is 38.3 Å². The van der Waals surface area contributed by atoms with Crippen molar-refractivity contribution in [1.29, 1.82) is 0 Å². The second-order valence-corrected chi connectivity index (χ2v) is 7.36. The normalized spacial score (nSPS) is 25.6. The molecule has 1 N–H and O–H groups in total. The molecule has 0 aromatic rings. The van der Waals surface area contributed by atoms with Gasteiger partial charge in [0.15, 0.2) is 0 Å². The highest BCUT2D eigenvalue weighted by Crippen LogP contribution is 2.22. The Hall–Kier alpha value is -0.170. The summed E-state index contributed by atoms with van der Waals surface area (Å²) in [5.41, 5.74) is 0. The summed E-state index contributed by atoms with van der Waals surface area (Å²) in [5, 5.41) is 3.21. The lowest BCUT2D eigenvalue weighted by Gasteiger charge is -2.35. The molecule has 0 spiro atoms. The van der Waals surface area contributed by atoms with E-state index >= 15 is 0 Å². The van der Waals surface area contributed by atoms with Crippen LogP contribution >= 0.6 is 0 Å². The Balaban J connectivity index is 2.40. The zero-order valence-electron chi connectivity index (χ0n) is 12.4. The Bertz CT molecular complexity index is 346. The van der Waals surface area contributed by atoms with Gasteiger partial charge in [0.1, 0.15) is 0 Å². The van der Waals surface area contributed by atoms with E-state index in [1.54, 1.807) is 11.4 Å². The van der Waals surface area contributed by atoms with Crippen LogP contribution in [0.3, 0.4) is 0 Å². The van der Waals surface area contributed by atoms with Gasteiger partial charge in [-0.2, -0.15) is 4.31 Å². The minimum Gasteiger partial charge on any atom is -0.380 e. The van der Waals surface area contributed by atoms with Gasteiger partial charge in [0.05, 0.1) is 11.9 Å². The van der Waals surface area contributed by atoms with E-state index in [2.05, 4.69) is 19.2 Å². The standard InChI is InChI=1S/C13H28N2O3S/c1-4-14-8-5-6-10-19(16,17)15-9-7-12(2)13(11-15)18-3/h12-14H,4-11H2,1-3H3. The lowest BCUT2D eigenvalue weighted by Crippen LogP contribution is -2.47. The maximum absolute atomic E-state index is 12.2. The van der Waals surface area contributed by atoms with Crippen molar-refractivity contribution in [2.24, 2.45) is 5.92 Å². The van der Waals surface area contributed by atoms with Gasteiger partial charge in [0.2, 0.25) is 10.0 Å². The summed E-state index contributed by atoms with van der Waals surface area (Å²) < 4.78 is 31.4. The van der Waals surface area contributed by atoms with Crippen LogP contribution in [0, 0.1) is 5.92 Å². The molecule has 0 aromatic heterocycles. The van der Waals surface area contributed by atoms with Gasteiger partial charge in [-0.1, -0.05) is 13.8 Å². The monoisotopic (exact) mass is 292 g/mol. The highest BCUT2D eigenvalue weighted by molar-refractivity contribution is 7.89. The molecule has 6 heteroatoms. The number of sulfonamides is 1. The number of nitrogens with zero attached hydrogens (tertiary/aromatic N) is 1. The van der Waals surface area contributed by atoms with Gasteiger partial charge < -0.3 is 10.1 Å². The molecule has 0 amide bonds. The van der Waals surface area contributed by atoms with E-state index in [0.717, 1.165) is 32.4 Å². The van der Waals surface area contributed by atoms with Gasteiger partial charge in [-0.15, -0.1) is 0 Å². The minimum absolute atomic E-state index is 0.0327. The number of nitrogens with one attached hydrogen (secondary N) is 1. The average Bonchev–Trinajstić information content (AvgIpc) is 2.38. The first-order valence-electron chi connectivity index (χ1n) is 7.22. The van der Waals surface area contributed by atoms with Crippen molar-refractivity contribution in [3.63, 3.8) is 0 Å². The summed E-state index contributed by atoms with van der Waals surface area (Å²) >= 11 is 0. The van der Waals surface area contributed by atoms with E-state index in [1.165, 1.54) is 0 Å². The summed E-state index contributed by atoms with van der Waals surface area (Å²) in [6.45, 7) is 7.14. The Kier molecular flexibility index (Phi) is 7.28. The van der Waals surface area contributed by atoms with Crippen LogP contribution in [-0.4, -0.2) is 57.9 Å². The number of methoxy groups -OCH3 is 1. The molecule has 0 saturated carbocycles. The van der Waals surface area contributed by atoms with Gasteiger partial charge in [-0.25, -0.2) is 8.42 Å². The molecule has 1 aliphatic rings. The number of unbranched alkanes of at least 4 members (excludes halogenated alkanes) is 1. The fourth-order valence-electron chi connectivity index (χ4n) is 2.41. The molecule has 2 atom stereocenters. The van der Waals surface area contributed by atoms with Crippen molar-refractivity contribution >= 4 is 10.0 Å². The van der Waals surface area contributed by atoms with Crippen LogP contribution in [0.25, 0.3) is 0 Å². The second-order valence-electron chi connectivity index (χ2n) is 5.27. The SMILES string of the molecule is CCNCCCCS(=O)(=O)N1CCC(C)C(OC)C1. The number of hydrogen-bond acceptors (Lipinski definition) is 4. The highest BCUT2D eigenvalue weighted by atomic mass is 32.2. The molecular weight excluding hydrogens is 264 g/mol. The lowest BCUT2D eigenvalue weighted by molar-refractivity contribution is 0.0184. The zero-order chi connectivity index (χ0) is 14.3. The molecule has 0 aromatic carbocycles.